The standard InChI is InChI=1S/C15H22N2O3/c1-4-11(5-2)9-16-15(20)17-13-7-6-12(14(18)19)8-10(13)3/h6-8,11H,4-5,9H2,1-3H3,(H,18,19)(H2,16,17,20). The third-order valence-electron chi connectivity index (χ3n) is 3.43. The van der Waals surface area contributed by atoms with E-state index >= 15 is 0 Å². The maximum absolute atomic E-state index is 11.8. The second-order valence-corrected chi connectivity index (χ2v) is 4.85. The first-order chi connectivity index (χ1) is 9.47. The zero-order valence-electron chi connectivity index (χ0n) is 12.2. The number of carboxylic acid groups (broad SMARTS) is 1. The Bertz CT molecular complexity index is 482. The van der Waals surface area contributed by atoms with Crippen molar-refractivity contribution >= 4 is 17.7 Å². The second kappa shape index (κ2) is 7.53. The third kappa shape index (κ3) is 4.57. The van der Waals surface area contributed by atoms with E-state index in [2.05, 4.69) is 24.5 Å². The van der Waals surface area contributed by atoms with Gasteiger partial charge in [-0.05, 0) is 36.6 Å². The Morgan fingerprint density at radius 3 is 2.40 bits per heavy atom. The highest BCUT2D eigenvalue weighted by Gasteiger charge is 2.09. The quantitative estimate of drug-likeness (QED) is 0.747. The number of aromatic carboxylic acids is 1. The van der Waals surface area contributed by atoms with Gasteiger partial charge in [0.15, 0.2) is 0 Å². The molecule has 5 heteroatoms. The Hall–Kier alpha value is -2.04. The zero-order chi connectivity index (χ0) is 15.1. The molecule has 0 radical (unpaired) electrons. The molecule has 0 heterocycles. The molecule has 0 saturated carbocycles. The normalized spacial score (nSPS) is 10.4. The number of carboxylic acids is 1. The van der Waals surface area contributed by atoms with Gasteiger partial charge in [-0.1, -0.05) is 26.7 Å². The van der Waals surface area contributed by atoms with E-state index in [1.165, 1.54) is 6.07 Å². The zero-order valence-corrected chi connectivity index (χ0v) is 12.2. The molecule has 0 aliphatic rings. The van der Waals surface area contributed by atoms with Crippen LogP contribution in [0.15, 0.2) is 18.2 Å². The number of anilines is 1. The van der Waals surface area contributed by atoms with Gasteiger partial charge in [-0.25, -0.2) is 9.59 Å². The van der Waals surface area contributed by atoms with Gasteiger partial charge in [-0.15, -0.1) is 0 Å². The van der Waals surface area contributed by atoms with Gasteiger partial charge in [-0.2, -0.15) is 0 Å². The second-order valence-electron chi connectivity index (χ2n) is 4.85. The van der Waals surface area contributed by atoms with Gasteiger partial charge in [-0.3, -0.25) is 0 Å². The van der Waals surface area contributed by atoms with Crippen LogP contribution in [0.4, 0.5) is 10.5 Å². The van der Waals surface area contributed by atoms with E-state index in [4.69, 9.17) is 5.11 Å². The summed E-state index contributed by atoms with van der Waals surface area (Å²) in [4.78, 5) is 22.6. The average Bonchev–Trinajstić information content (AvgIpc) is 2.42. The molecule has 1 aromatic rings. The van der Waals surface area contributed by atoms with Crippen molar-refractivity contribution in [1.29, 1.82) is 0 Å². The number of rotatable bonds is 6. The van der Waals surface area contributed by atoms with Crippen molar-refractivity contribution in [1.82, 2.24) is 5.32 Å². The van der Waals surface area contributed by atoms with E-state index in [9.17, 15) is 9.59 Å². The monoisotopic (exact) mass is 278 g/mol. The summed E-state index contributed by atoms with van der Waals surface area (Å²) in [7, 11) is 0. The van der Waals surface area contributed by atoms with Crippen molar-refractivity contribution in [2.45, 2.75) is 33.6 Å². The predicted molar refractivity (Wildman–Crippen MR) is 79.2 cm³/mol. The molecular formula is C15H22N2O3. The Morgan fingerprint density at radius 2 is 1.90 bits per heavy atom. The van der Waals surface area contributed by atoms with Crippen LogP contribution in [-0.4, -0.2) is 23.7 Å². The Kier molecular flexibility index (Phi) is 6.03. The number of urea groups is 1. The first-order valence-corrected chi connectivity index (χ1v) is 6.86. The van der Waals surface area contributed by atoms with Crippen LogP contribution in [0.1, 0.15) is 42.6 Å². The number of amides is 2. The van der Waals surface area contributed by atoms with Crippen molar-refractivity contribution in [3.05, 3.63) is 29.3 Å². The molecule has 5 nitrogen and oxygen atoms in total. The fourth-order valence-electron chi connectivity index (χ4n) is 1.92. The van der Waals surface area contributed by atoms with E-state index in [1.54, 1.807) is 19.1 Å². The van der Waals surface area contributed by atoms with Gasteiger partial charge in [0.2, 0.25) is 0 Å². The van der Waals surface area contributed by atoms with Crippen molar-refractivity contribution in [2.24, 2.45) is 5.92 Å². The molecular weight excluding hydrogens is 256 g/mol. The molecule has 2 amide bonds. The van der Waals surface area contributed by atoms with E-state index in [0.717, 1.165) is 18.4 Å². The Labute approximate surface area is 119 Å². The predicted octanol–water partition coefficient (Wildman–Crippen LogP) is 3.25. The number of carbonyl (C=O) groups is 2. The van der Waals surface area contributed by atoms with Gasteiger partial charge in [0.1, 0.15) is 0 Å². The smallest absolute Gasteiger partial charge is 0.335 e. The van der Waals surface area contributed by atoms with Crippen LogP contribution in [0.5, 0.6) is 0 Å². The lowest BCUT2D eigenvalue weighted by atomic mass is 10.0. The van der Waals surface area contributed by atoms with Crippen molar-refractivity contribution in [3.8, 4) is 0 Å². The fraction of sp³-hybridized carbons (Fsp3) is 0.467. The Balaban J connectivity index is 2.60. The van der Waals surface area contributed by atoms with Crippen molar-refractivity contribution in [3.63, 3.8) is 0 Å². The topological polar surface area (TPSA) is 78.4 Å². The number of hydrogen-bond acceptors (Lipinski definition) is 2. The van der Waals surface area contributed by atoms with Crippen LogP contribution < -0.4 is 10.6 Å². The fourth-order valence-corrected chi connectivity index (χ4v) is 1.92. The first-order valence-electron chi connectivity index (χ1n) is 6.86. The summed E-state index contributed by atoms with van der Waals surface area (Å²) >= 11 is 0. The maximum atomic E-state index is 11.8. The molecule has 1 rings (SSSR count). The molecule has 0 aliphatic carbocycles. The Morgan fingerprint density at radius 1 is 1.25 bits per heavy atom. The summed E-state index contributed by atoms with van der Waals surface area (Å²) in [6.45, 7) is 6.61. The largest absolute Gasteiger partial charge is 0.478 e. The molecule has 0 unspecified atom stereocenters. The lowest BCUT2D eigenvalue weighted by Crippen LogP contribution is -2.33. The molecule has 0 aromatic heterocycles. The molecule has 20 heavy (non-hydrogen) atoms. The SMILES string of the molecule is CCC(CC)CNC(=O)Nc1ccc(C(=O)O)cc1C. The summed E-state index contributed by atoms with van der Waals surface area (Å²) in [5.74, 6) is -0.492. The van der Waals surface area contributed by atoms with Gasteiger partial charge in [0.05, 0.1) is 5.56 Å². The number of benzene rings is 1. The molecule has 0 spiro atoms. The van der Waals surface area contributed by atoms with Crippen LogP contribution in [0.2, 0.25) is 0 Å². The van der Waals surface area contributed by atoms with E-state index in [1.807, 2.05) is 0 Å². The van der Waals surface area contributed by atoms with E-state index in [0.29, 0.717) is 18.2 Å². The summed E-state index contributed by atoms with van der Waals surface area (Å²) in [5.41, 5.74) is 1.56. The minimum atomic E-state index is -0.974. The molecule has 110 valence electrons. The number of hydrogen-bond donors (Lipinski definition) is 3. The van der Waals surface area contributed by atoms with Crippen LogP contribution in [0, 0.1) is 12.8 Å². The number of carbonyl (C=O) groups excluding carboxylic acids is 1. The van der Waals surface area contributed by atoms with Gasteiger partial charge >= 0.3 is 12.0 Å². The minimum Gasteiger partial charge on any atom is -0.478 e. The number of nitrogens with one attached hydrogen (secondary N) is 2. The minimum absolute atomic E-state index is 0.213. The molecule has 0 fully saturated rings. The highest BCUT2D eigenvalue weighted by molar-refractivity contribution is 5.92. The van der Waals surface area contributed by atoms with Crippen LogP contribution >= 0.6 is 0 Å². The highest BCUT2D eigenvalue weighted by Crippen LogP contribution is 2.16. The van der Waals surface area contributed by atoms with Crippen molar-refractivity contribution in [2.75, 3.05) is 11.9 Å². The van der Waals surface area contributed by atoms with Crippen molar-refractivity contribution < 1.29 is 14.7 Å². The van der Waals surface area contributed by atoms with Gasteiger partial charge in [0, 0.05) is 12.2 Å². The molecule has 0 atom stereocenters. The first kappa shape index (κ1) is 16.0. The summed E-state index contributed by atoms with van der Waals surface area (Å²) in [5, 5.41) is 14.5. The lowest BCUT2D eigenvalue weighted by Gasteiger charge is -2.14. The summed E-state index contributed by atoms with van der Waals surface area (Å²) < 4.78 is 0. The summed E-state index contributed by atoms with van der Waals surface area (Å²) in [6.07, 6.45) is 2.06. The molecule has 0 bridgehead atoms. The van der Waals surface area contributed by atoms with E-state index < -0.39 is 5.97 Å². The maximum Gasteiger partial charge on any atom is 0.335 e. The molecule has 1 aromatic carbocycles. The van der Waals surface area contributed by atoms with Crippen LogP contribution in [0.3, 0.4) is 0 Å². The van der Waals surface area contributed by atoms with Gasteiger partial charge < -0.3 is 15.7 Å². The van der Waals surface area contributed by atoms with Crippen LogP contribution in [-0.2, 0) is 0 Å². The lowest BCUT2D eigenvalue weighted by molar-refractivity contribution is 0.0697. The average molecular weight is 278 g/mol. The van der Waals surface area contributed by atoms with Gasteiger partial charge in [0.25, 0.3) is 0 Å². The van der Waals surface area contributed by atoms with Crippen LogP contribution in [0.25, 0.3) is 0 Å². The molecule has 0 saturated heterocycles. The van der Waals surface area contributed by atoms with E-state index in [-0.39, 0.29) is 11.6 Å². The third-order valence-corrected chi connectivity index (χ3v) is 3.43. The highest BCUT2D eigenvalue weighted by atomic mass is 16.4. The summed E-state index contributed by atoms with van der Waals surface area (Å²) in [6, 6.07) is 4.36. The number of aryl methyl sites for hydroxylation is 1. The molecule has 0 aliphatic heterocycles. The molecule has 3 N–H and O–H groups in total.